The van der Waals surface area contributed by atoms with Crippen molar-refractivity contribution < 1.29 is 9.53 Å². The van der Waals surface area contributed by atoms with E-state index in [9.17, 15) is 4.79 Å². The van der Waals surface area contributed by atoms with Gasteiger partial charge in [-0.05, 0) is 67.1 Å². The third-order valence-electron chi connectivity index (χ3n) is 5.43. The predicted molar refractivity (Wildman–Crippen MR) is 133 cm³/mol. The van der Waals surface area contributed by atoms with Crippen LogP contribution in [0.25, 0.3) is 22.2 Å². The van der Waals surface area contributed by atoms with Crippen LogP contribution in [-0.4, -0.2) is 33.0 Å². The van der Waals surface area contributed by atoms with Gasteiger partial charge in [0.05, 0.1) is 12.8 Å². The normalized spacial score (nSPS) is 10.8. The number of amides is 1. The van der Waals surface area contributed by atoms with Crippen molar-refractivity contribution in [1.29, 1.82) is 0 Å². The Bertz CT molecular complexity index is 1480. The number of ether oxygens (including phenoxy) is 1. The number of aromatic amines is 1. The van der Waals surface area contributed by atoms with E-state index in [0.29, 0.717) is 17.3 Å². The van der Waals surface area contributed by atoms with Gasteiger partial charge in [0.15, 0.2) is 0 Å². The third-order valence-corrected chi connectivity index (χ3v) is 5.43. The smallest absolute Gasteiger partial charge is 0.272 e. The Morgan fingerprint density at radius 3 is 2.76 bits per heavy atom. The van der Waals surface area contributed by atoms with Gasteiger partial charge in [-0.3, -0.25) is 9.78 Å². The van der Waals surface area contributed by atoms with Crippen LogP contribution in [0.1, 0.15) is 16.1 Å². The van der Waals surface area contributed by atoms with Crippen LogP contribution in [0.5, 0.6) is 5.75 Å². The molecule has 0 saturated carbocycles. The largest absolute Gasteiger partial charge is 0.497 e. The molecule has 0 spiro atoms. The standard InChI is InChI=1S/C26H22N6O2/c1-16-5-6-19(29-25(33)24-13-18-12-20(34-2)7-8-21(18)30-24)14-23(16)32-26-28-11-9-22(31-26)17-4-3-10-27-15-17/h3-15,30H,1-2H3,(H,29,33)(H,28,31,32). The summed E-state index contributed by atoms with van der Waals surface area (Å²) in [7, 11) is 1.62. The van der Waals surface area contributed by atoms with Crippen molar-refractivity contribution >= 4 is 34.1 Å². The molecule has 0 bridgehead atoms. The summed E-state index contributed by atoms with van der Waals surface area (Å²) in [5.74, 6) is 0.958. The lowest BCUT2D eigenvalue weighted by atomic mass is 10.1. The lowest BCUT2D eigenvalue weighted by Crippen LogP contribution is -2.12. The van der Waals surface area contributed by atoms with Crippen molar-refractivity contribution in [3.63, 3.8) is 0 Å². The second-order valence-electron chi connectivity index (χ2n) is 7.75. The number of rotatable bonds is 6. The fourth-order valence-corrected chi connectivity index (χ4v) is 3.61. The summed E-state index contributed by atoms with van der Waals surface area (Å²) in [6, 6.07) is 18.7. The molecule has 0 atom stereocenters. The highest BCUT2D eigenvalue weighted by Crippen LogP contribution is 2.26. The highest BCUT2D eigenvalue weighted by molar-refractivity contribution is 6.06. The van der Waals surface area contributed by atoms with Crippen LogP contribution >= 0.6 is 0 Å². The molecule has 34 heavy (non-hydrogen) atoms. The Balaban J connectivity index is 1.35. The zero-order valence-corrected chi connectivity index (χ0v) is 18.7. The molecule has 0 aliphatic carbocycles. The molecule has 5 aromatic rings. The first kappa shape index (κ1) is 21.1. The number of H-pyrrole nitrogens is 1. The molecule has 3 N–H and O–H groups in total. The fourth-order valence-electron chi connectivity index (χ4n) is 3.61. The second-order valence-corrected chi connectivity index (χ2v) is 7.75. The Morgan fingerprint density at radius 1 is 1.03 bits per heavy atom. The number of nitrogens with zero attached hydrogens (tertiary/aromatic N) is 3. The molecule has 0 radical (unpaired) electrons. The van der Waals surface area contributed by atoms with Gasteiger partial charge >= 0.3 is 0 Å². The molecule has 2 aromatic carbocycles. The Hall–Kier alpha value is -4.72. The maximum absolute atomic E-state index is 12.9. The van der Waals surface area contributed by atoms with Crippen LogP contribution in [-0.2, 0) is 0 Å². The number of methoxy groups -OCH3 is 1. The minimum absolute atomic E-state index is 0.236. The molecule has 1 amide bonds. The number of benzene rings is 2. The lowest BCUT2D eigenvalue weighted by Gasteiger charge is -2.12. The second kappa shape index (κ2) is 9.03. The van der Waals surface area contributed by atoms with E-state index in [-0.39, 0.29) is 5.91 Å². The van der Waals surface area contributed by atoms with E-state index < -0.39 is 0 Å². The average Bonchev–Trinajstić information content (AvgIpc) is 3.30. The van der Waals surface area contributed by atoms with Crippen LogP contribution in [0.15, 0.2) is 79.3 Å². The number of anilines is 3. The van der Waals surface area contributed by atoms with Crippen molar-refractivity contribution in [2.75, 3.05) is 17.7 Å². The molecule has 0 aliphatic rings. The number of aryl methyl sites for hydroxylation is 1. The van der Waals surface area contributed by atoms with Gasteiger partial charge in [-0.25, -0.2) is 9.97 Å². The lowest BCUT2D eigenvalue weighted by molar-refractivity contribution is 0.102. The van der Waals surface area contributed by atoms with Crippen molar-refractivity contribution in [2.24, 2.45) is 0 Å². The van der Waals surface area contributed by atoms with Crippen LogP contribution < -0.4 is 15.4 Å². The van der Waals surface area contributed by atoms with E-state index in [1.54, 1.807) is 31.8 Å². The van der Waals surface area contributed by atoms with E-state index in [2.05, 4.69) is 30.6 Å². The van der Waals surface area contributed by atoms with Gasteiger partial charge in [-0.2, -0.15) is 0 Å². The average molecular weight is 451 g/mol. The molecule has 0 saturated heterocycles. The molecule has 3 heterocycles. The zero-order valence-electron chi connectivity index (χ0n) is 18.7. The molecule has 0 fully saturated rings. The van der Waals surface area contributed by atoms with E-state index in [4.69, 9.17) is 4.74 Å². The zero-order chi connectivity index (χ0) is 23.5. The molecule has 0 unspecified atom stereocenters. The number of aromatic nitrogens is 4. The van der Waals surface area contributed by atoms with E-state index in [0.717, 1.165) is 39.2 Å². The molecular weight excluding hydrogens is 428 g/mol. The quantitative estimate of drug-likeness (QED) is 0.323. The van der Waals surface area contributed by atoms with Crippen molar-refractivity contribution in [3.05, 3.63) is 90.5 Å². The van der Waals surface area contributed by atoms with E-state index in [1.165, 1.54) is 0 Å². The SMILES string of the molecule is COc1ccc2[nH]c(C(=O)Nc3ccc(C)c(Nc4nccc(-c5cccnc5)n4)c3)cc2c1. The summed E-state index contributed by atoms with van der Waals surface area (Å²) in [6.07, 6.45) is 5.18. The number of hydrogen-bond donors (Lipinski definition) is 3. The van der Waals surface area contributed by atoms with Crippen molar-refractivity contribution in [2.45, 2.75) is 6.92 Å². The van der Waals surface area contributed by atoms with E-state index >= 15 is 0 Å². The molecule has 8 nitrogen and oxygen atoms in total. The number of carbonyl (C=O) groups is 1. The topological polar surface area (TPSA) is 105 Å². The van der Waals surface area contributed by atoms with Gasteiger partial charge in [0.2, 0.25) is 5.95 Å². The van der Waals surface area contributed by atoms with E-state index in [1.807, 2.05) is 61.5 Å². The van der Waals surface area contributed by atoms with Gasteiger partial charge in [0.25, 0.3) is 5.91 Å². The minimum atomic E-state index is -0.236. The van der Waals surface area contributed by atoms with Gasteiger partial charge in [0.1, 0.15) is 11.4 Å². The highest BCUT2D eigenvalue weighted by Gasteiger charge is 2.12. The van der Waals surface area contributed by atoms with Crippen LogP contribution in [0.2, 0.25) is 0 Å². The maximum atomic E-state index is 12.9. The maximum Gasteiger partial charge on any atom is 0.272 e. The summed E-state index contributed by atoms with van der Waals surface area (Å²) in [5, 5.41) is 7.11. The van der Waals surface area contributed by atoms with Gasteiger partial charge in [0, 0.05) is 46.4 Å². The Kier molecular flexibility index (Phi) is 5.61. The predicted octanol–water partition coefficient (Wildman–Crippen LogP) is 5.33. The Labute approximate surface area is 196 Å². The van der Waals surface area contributed by atoms with Gasteiger partial charge < -0.3 is 20.4 Å². The van der Waals surface area contributed by atoms with Crippen LogP contribution in [0.4, 0.5) is 17.3 Å². The summed E-state index contributed by atoms with van der Waals surface area (Å²) in [5.41, 5.74) is 5.44. The number of hydrogen-bond acceptors (Lipinski definition) is 6. The molecule has 3 aromatic heterocycles. The Morgan fingerprint density at radius 2 is 1.94 bits per heavy atom. The molecule has 8 heteroatoms. The number of pyridine rings is 1. The highest BCUT2D eigenvalue weighted by atomic mass is 16.5. The van der Waals surface area contributed by atoms with Crippen molar-refractivity contribution in [3.8, 4) is 17.0 Å². The fraction of sp³-hybridized carbons (Fsp3) is 0.0769. The summed E-state index contributed by atoms with van der Waals surface area (Å²) in [4.78, 5) is 29.1. The first-order valence-electron chi connectivity index (χ1n) is 10.7. The minimum Gasteiger partial charge on any atom is -0.497 e. The molecule has 0 aliphatic heterocycles. The first-order valence-corrected chi connectivity index (χ1v) is 10.7. The molecule has 168 valence electrons. The summed E-state index contributed by atoms with van der Waals surface area (Å²) in [6.45, 7) is 1.98. The first-order chi connectivity index (χ1) is 16.6. The van der Waals surface area contributed by atoms with Crippen LogP contribution in [0.3, 0.4) is 0 Å². The molecule has 5 rings (SSSR count). The number of carbonyl (C=O) groups excluding carboxylic acids is 1. The summed E-state index contributed by atoms with van der Waals surface area (Å²) < 4.78 is 5.26. The summed E-state index contributed by atoms with van der Waals surface area (Å²) >= 11 is 0. The monoisotopic (exact) mass is 450 g/mol. The third kappa shape index (κ3) is 4.42. The number of fused-ring (bicyclic) bond motifs is 1. The number of nitrogens with one attached hydrogen (secondary N) is 3. The van der Waals surface area contributed by atoms with Gasteiger partial charge in [-0.1, -0.05) is 6.07 Å². The van der Waals surface area contributed by atoms with Crippen LogP contribution in [0, 0.1) is 6.92 Å². The van der Waals surface area contributed by atoms with Gasteiger partial charge in [-0.15, -0.1) is 0 Å². The molecular formula is C26H22N6O2. The van der Waals surface area contributed by atoms with Crippen molar-refractivity contribution in [1.82, 2.24) is 19.9 Å².